The van der Waals surface area contributed by atoms with Crippen molar-refractivity contribution in [3.05, 3.63) is 0 Å². The predicted molar refractivity (Wildman–Crippen MR) is 65.4 cm³/mol. The van der Waals surface area contributed by atoms with Crippen LogP contribution >= 0.6 is 0 Å². The molecule has 1 fully saturated rings. The summed E-state index contributed by atoms with van der Waals surface area (Å²) in [7, 11) is 1.99. The molecule has 1 heterocycles. The van der Waals surface area contributed by atoms with Gasteiger partial charge >= 0.3 is 0 Å². The minimum absolute atomic E-state index is 0.170. The average Bonchev–Trinajstić information content (AvgIpc) is 2.29. The zero-order valence-electron chi connectivity index (χ0n) is 10.5. The van der Waals surface area contributed by atoms with E-state index < -0.39 is 0 Å². The zero-order valence-corrected chi connectivity index (χ0v) is 10.5. The molecular weight excluding hydrogens is 204 g/mol. The van der Waals surface area contributed by atoms with Crippen molar-refractivity contribution < 1.29 is 10.2 Å². The van der Waals surface area contributed by atoms with Gasteiger partial charge in [-0.1, -0.05) is 6.92 Å². The fraction of sp³-hybridized carbons (Fsp3) is 1.00. The van der Waals surface area contributed by atoms with Crippen molar-refractivity contribution in [2.24, 2.45) is 5.92 Å². The highest BCUT2D eigenvalue weighted by Gasteiger charge is 2.27. The second-order valence-electron chi connectivity index (χ2n) is 4.87. The lowest BCUT2D eigenvalue weighted by Gasteiger charge is -2.38. The third-order valence-electron chi connectivity index (χ3n) is 3.51. The van der Waals surface area contributed by atoms with E-state index in [2.05, 4.69) is 10.2 Å². The van der Waals surface area contributed by atoms with Crippen molar-refractivity contribution in [3.8, 4) is 0 Å². The molecule has 96 valence electrons. The molecule has 4 heteroatoms. The van der Waals surface area contributed by atoms with Gasteiger partial charge in [-0.25, -0.2) is 0 Å². The minimum atomic E-state index is -0.170. The number of likely N-dealkylation sites (N-methyl/N-ethyl adjacent to an activating group) is 1. The Kier molecular flexibility index (Phi) is 6.28. The third kappa shape index (κ3) is 4.37. The van der Waals surface area contributed by atoms with E-state index in [4.69, 9.17) is 5.11 Å². The number of hydrogen-bond donors (Lipinski definition) is 3. The summed E-state index contributed by atoms with van der Waals surface area (Å²) in [5.41, 5.74) is 0. The second-order valence-corrected chi connectivity index (χ2v) is 4.87. The summed E-state index contributed by atoms with van der Waals surface area (Å²) in [5, 5.41) is 22.0. The molecule has 0 saturated carbocycles. The van der Waals surface area contributed by atoms with Gasteiger partial charge in [0, 0.05) is 25.7 Å². The predicted octanol–water partition coefficient (Wildman–Crippen LogP) is 0.0496. The van der Waals surface area contributed by atoms with E-state index in [0.717, 1.165) is 38.9 Å². The Hall–Kier alpha value is -0.160. The number of rotatable bonds is 6. The van der Waals surface area contributed by atoms with Crippen LogP contribution in [-0.4, -0.2) is 60.5 Å². The maximum atomic E-state index is 9.70. The molecule has 0 aromatic heterocycles. The molecule has 16 heavy (non-hydrogen) atoms. The van der Waals surface area contributed by atoms with Gasteiger partial charge in [-0.2, -0.15) is 0 Å². The van der Waals surface area contributed by atoms with Gasteiger partial charge in [-0.15, -0.1) is 0 Å². The zero-order chi connectivity index (χ0) is 12.0. The highest BCUT2D eigenvalue weighted by atomic mass is 16.3. The maximum Gasteiger partial charge on any atom is 0.0558 e. The molecule has 3 atom stereocenters. The molecule has 0 aromatic rings. The first kappa shape index (κ1) is 13.9. The van der Waals surface area contributed by atoms with Crippen LogP contribution in [0.5, 0.6) is 0 Å². The van der Waals surface area contributed by atoms with Crippen LogP contribution in [0.15, 0.2) is 0 Å². The summed E-state index contributed by atoms with van der Waals surface area (Å²) in [6, 6.07) is 0.495. The van der Waals surface area contributed by atoms with Gasteiger partial charge < -0.3 is 15.5 Å². The number of β-amino-alcohol motifs (C(OH)–C–C–N with tert-alkyl or cyclic N) is 1. The number of piperidine rings is 1. The van der Waals surface area contributed by atoms with Gasteiger partial charge in [-0.05, 0) is 32.2 Å². The molecule has 1 aliphatic rings. The summed E-state index contributed by atoms with van der Waals surface area (Å²) in [4.78, 5) is 2.29. The summed E-state index contributed by atoms with van der Waals surface area (Å²) >= 11 is 0. The SMILES string of the molecule is CCC(O)CC1CC(NC)CN(CCO)C1. The second kappa shape index (κ2) is 7.22. The number of aliphatic hydroxyl groups is 2. The normalized spacial score (nSPS) is 29.2. The Labute approximate surface area is 98.6 Å². The van der Waals surface area contributed by atoms with E-state index in [1.165, 1.54) is 0 Å². The van der Waals surface area contributed by atoms with E-state index in [0.29, 0.717) is 12.0 Å². The van der Waals surface area contributed by atoms with Gasteiger partial charge in [0.05, 0.1) is 12.7 Å². The molecule has 0 amide bonds. The first-order valence-corrected chi connectivity index (χ1v) is 6.38. The van der Waals surface area contributed by atoms with Gasteiger partial charge in [0.2, 0.25) is 0 Å². The minimum Gasteiger partial charge on any atom is -0.395 e. The lowest BCUT2D eigenvalue weighted by atomic mass is 9.89. The van der Waals surface area contributed by atoms with Crippen LogP contribution in [0.3, 0.4) is 0 Å². The van der Waals surface area contributed by atoms with Crippen molar-refractivity contribution in [1.29, 1.82) is 0 Å². The highest BCUT2D eigenvalue weighted by Crippen LogP contribution is 2.22. The molecule has 1 saturated heterocycles. The molecule has 0 radical (unpaired) electrons. The van der Waals surface area contributed by atoms with E-state index in [1.54, 1.807) is 0 Å². The average molecular weight is 230 g/mol. The molecule has 0 spiro atoms. The van der Waals surface area contributed by atoms with Crippen LogP contribution in [0.25, 0.3) is 0 Å². The van der Waals surface area contributed by atoms with Crippen LogP contribution in [-0.2, 0) is 0 Å². The smallest absolute Gasteiger partial charge is 0.0558 e. The molecule has 4 nitrogen and oxygen atoms in total. The van der Waals surface area contributed by atoms with Gasteiger partial charge in [0.1, 0.15) is 0 Å². The van der Waals surface area contributed by atoms with Crippen LogP contribution in [0, 0.1) is 5.92 Å². The quantitative estimate of drug-likeness (QED) is 0.603. The van der Waals surface area contributed by atoms with E-state index in [-0.39, 0.29) is 12.7 Å². The number of aliphatic hydroxyl groups excluding tert-OH is 2. The van der Waals surface area contributed by atoms with Gasteiger partial charge in [0.15, 0.2) is 0 Å². The van der Waals surface area contributed by atoms with Crippen molar-refractivity contribution in [3.63, 3.8) is 0 Å². The van der Waals surface area contributed by atoms with Crippen LogP contribution < -0.4 is 5.32 Å². The number of nitrogens with one attached hydrogen (secondary N) is 1. The number of hydrogen-bond acceptors (Lipinski definition) is 4. The fourth-order valence-electron chi connectivity index (χ4n) is 2.56. The molecule has 0 aromatic carbocycles. The van der Waals surface area contributed by atoms with Crippen LogP contribution in [0.1, 0.15) is 26.2 Å². The molecule has 1 rings (SSSR count). The van der Waals surface area contributed by atoms with E-state index in [9.17, 15) is 5.11 Å². The first-order chi connectivity index (χ1) is 7.69. The molecular formula is C12H26N2O2. The summed E-state index contributed by atoms with van der Waals surface area (Å²) < 4.78 is 0. The Balaban J connectivity index is 2.43. The van der Waals surface area contributed by atoms with Crippen molar-refractivity contribution in [1.82, 2.24) is 10.2 Å². The van der Waals surface area contributed by atoms with Crippen LogP contribution in [0.2, 0.25) is 0 Å². The molecule has 1 aliphatic heterocycles. The molecule has 0 aliphatic carbocycles. The largest absolute Gasteiger partial charge is 0.395 e. The lowest BCUT2D eigenvalue weighted by Crippen LogP contribution is -2.49. The Morgan fingerprint density at radius 2 is 2.19 bits per heavy atom. The molecule has 3 N–H and O–H groups in total. The van der Waals surface area contributed by atoms with Crippen LogP contribution in [0.4, 0.5) is 0 Å². The number of likely N-dealkylation sites (tertiary alicyclic amines) is 1. The maximum absolute atomic E-state index is 9.70. The Bertz CT molecular complexity index is 188. The molecule has 3 unspecified atom stereocenters. The van der Waals surface area contributed by atoms with E-state index >= 15 is 0 Å². The Morgan fingerprint density at radius 3 is 2.75 bits per heavy atom. The standard InChI is InChI=1S/C12H26N2O2/c1-3-12(16)7-10-6-11(13-2)9-14(8-10)4-5-15/h10-13,15-16H,3-9H2,1-2H3. The highest BCUT2D eigenvalue weighted by molar-refractivity contribution is 4.83. The van der Waals surface area contributed by atoms with Gasteiger partial charge in [0.25, 0.3) is 0 Å². The Morgan fingerprint density at radius 1 is 1.44 bits per heavy atom. The van der Waals surface area contributed by atoms with Gasteiger partial charge in [-0.3, -0.25) is 4.90 Å². The van der Waals surface area contributed by atoms with Crippen molar-refractivity contribution in [2.75, 3.05) is 33.3 Å². The van der Waals surface area contributed by atoms with E-state index in [1.807, 2.05) is 14.0 Å². The van der Waals surface area contributed by atoms with Crippen molar-refractivity contribution >= 4 is 0 Å². The number of nitrogens with zero attached hydrogens (tertiary/aromatic N) is 1. The topological polar surface area (TPSA) is 55.7 Å². The fourth-order valence-corrected chi connectivity index (χ4v) is 2.56. The van der Waals surface area contributed by atoms with Crippen molar-refractivity contribution in [2.45, 2.75) is 38.3 Å². The first-order valence-electron chi connectivity index (χ1n) is 6.38. The third-order valence-corrected chi connectivity index (χ3v) is 3.51. The summed E-state index contributed by atoms with van der Waals surface area (Å²) in [6.45, 7) is 5.01. The monoisotopic (exact) mass is 230 g/mol. The summed E-state index contributed by atoms with van der Waals surface area (Å²) in [5.74, 6) is 0.549. The lowest BCUT2D eigenvalue weighted by molar-refractivity contribution is 0.0763. The summed E-state index contributed by atoms with van der Waals surface area (Å²) in [6.07, 6.45) is 2.68. The molecule has 0 bridgehead atoms.